The fourth-order valence-corrected chi connectivity index (χ4v) is 3.59. The maximum absolute atomic E-state index is 10.2. The molecular formula is C15H18ClN5O3P+. The Morgan fingerprint density at radius 2 is 2.04 bits per heavy atom. The average molecular weight is 383 g/mol. The highest BCUT2D eigenvalue weighted by Crippen LogP contribution is 2.60. The molecule has 0 aliphatic carbocycles. The van der Waals surface area contributed by atoms with Crippen molar-refractivity contribution in [2.24, 2.45) is 0 Å². The summed E-state index contributed by atoms with van der Waals surface area (Å²) >= 11 is 6.08. The lowest BCUT2D eigenvalue weighted by Crippen LogP contribution is -2.18. The standard InChI is InChI=1S/C15H18ClN5O3P/c1-11(7-21-9-20-13-14(17)18-8-19-15(13)21)23-10-25(16,22)24-12-5-3-2-4-6-12/h2-6,8-9,11,22H,7,10H2,1H3,(H2,17,18,19)/q+1/t11-,25?/m1/s1. The lowest BCUT2D eigenvalue weighted by molar-refractivity contribution is 0.0817. The lowest BCUT2D eigenvalue weighted by atomic mass is 10.3. The average Bonchev–Trinajstić information content (AvgIpc) is 2.98. The van der Waals surface area contributed by atoms with Crippen molar-refractivity contribution in [1.82, 2.24) is 19.5 Å². The maximum Gasteiger partial charge on any atom is 0.441 e. The monoisotopic (exact) mass is 382 g/mol. The van der Waals surface area contributed by atoms with E-state index in [0.29, 0.717) is 29.3 Å². The van der Waals surface area contributed by atoms with Crippen LogP contribution in [0.15, 0.2) is 43.0 Å². The largest absolute Gasteiger partial charge is 0.441 e. The number of para-hydroxylation sites is 1. The Morgan fingerprint density at radius 3 is 2.80 bits per heavy atom. The number of fused-ring (bicyclic) bond motifs is 1. The highest BCUT2D eigenvalue weighted by molar-refractivity contribution is 7.90. The van der Waals surface area contributed by atoms with Gasteiger partial charge < -0.3 is 15.0 Å². The van der Waals surface area contributed by atoms with Crippen LogP contribution < -0.4 is 10.3 Å². The molecule has 132 valence electrons. The van der Waals surface area contributed by atoms with Crippen molar-refractivity contribution in [3.63, 3.8) is 0 Å². The van der Waals surface area contributed by atoms with E-state index in [1.165, 1.54) is 6.33 Å². The molecule has 2 aromatic heterocycles. The van der Waals surface area contributed by atoms with Crippen molar-refractivity contribution in [2.45, 2.75) is 19.6 Å². The number of benzene rings is 1. The van der Waals surface area contributed by atoms with Gasteiger partial charge in [0.1, 0.15) is 11.8 Å². The molecule has 0 radical (unpaired) electrons. The summed E-state index contributed by atoms with van der Waals surface area (Å²) < 4.78 is 12.9. The molecule has 3 rings (SSSR count). The van der Waals surface area contributed by atoms with Gasteiger partial charge in [-0.05, 0) is 19.1 Å². The second-order valence-electron chi connectivity index (χ2n) is 5.46. The molecule has 0 saturated carbocycles. The van der Waals surface area contributed by atoms with E-state index in [1.54, 1.807) is 30.6 Å². The van der Waals surface area contributed by atoms with Gasteiger partial charge in [-0.25, -0.2) is 15.0 Å². The molecule has 0 bridgehead atoms. The SMILES string of the molecule is C[C@H](Cn1cnc2c(N)ncnc21)OC[P+](O)(Cl)Oc1ccccc1. The second-order valence-corrected chi connectivity index (χ2v) is 8.71. The van der Waals surface area contributed by atoms with Crippen LogP contribution in [0.2, 0.25) is 0 Å². The quantitative estimate of drug-likeness (QED) is 0.605. The van der Waals surface area contributed by atoms with Crippen molar-refractivity contribution >= 4 is 35.3 Å². The molecule has 2 heterocycles. The van der Waals surface area contributed by atoms with Gasteiger partial charge in [0.25, 0.3) is 0 Å². The van der Waals surface area contributed by atoms with Crippen molar-refractivity contribution in [3.8, 4) is 5.75 Å². The summed E-state index contributed by atoms with van der Waals surface area (Å²) in [5, 5.41) is 0. The van der Waals surface area contributed by atoms with Crippen molar-refractivity contribution in [3.05, 3.63) is 43.0 Å². The number of nitrogen functional groups attached to an aromatic ring is 1. The number of hydrogen-bond acceptors (Lipinski definition) is 7. The predicted molar refractivity (Wildman–Crippen MR) is 97.2 cm³/mol. The Hall–Kier alpha value is -1.99. The van der Waals surface area contributed by atoms with Crippen LogP contribution >= 0.6 is 18.3 Å². The normalized spacial score (nSPS) is 15.0. The summed E-state index contributed by atoms with van der Waals surface area (Å²) in [6, 6.07) is 8.89. The molecule has 0 aliphatic heterocycles. The molecule has 0 fully saturated rings. The third-order valence-electron chi connectivity index (χ3n) is 3.39. The molecule has 1 unspecified atom stereocenters. The van der Waals surface area contributed by atoms with E-state index < -0.39 is 7.07 Å². The number of nitrogens with two attached hydrogens (primary N) is 1. The van der Waals surface area contributed by atoms with Gasteiger partial charge in [0.05, 0.1) is 19.0 Å². The molecule has 0 aliphatic rings. The van der Waals surface area contributed by atoms with Crippen LogP contribution in [0.1, 0.15) is 6.92 Å². The Kier molecular flexibility index (Phi) is 5.34. The number of hydrogen-bond donors (Lipinski definition) is 2. The summed E-state index contributed by atoms with van der Waals surface area (Å²) in [6.45, 7) is 2.32. The smallest absolute Gasteiger partial charge is 0.382 e. The zero-order valence-electron chi connectivity index (χ0n) is 13.5. The molecule has 0 amide bonds. The third-order valence-corrected chi connectivity index (χ3v) is 4.85. The molecule has 1 aromatic carbocycles. The van der Waals surface area contributed by atoms with Crippen molar-refractivity contribution < 1.29 is 14.2 Å². The van der Waals surface area contributed by atoms with Crippen LogP contribution in [0.3, 0.4) is 0 Å². The highest BCUT2D eigenvalue weighted by atomic mass is 35.7. The third kappa shape index (κ3) is 4.55. The number of aromatic nitrogens is 4. The second kappa shape index (κ2) is 7.49. The molecule has 0 spiro atoms. The number of nitrogens with zero attached hydrogens (tertiary/aromatic N) is 4. The number of ether oxygens (including phenoxy) is 1. The van der Waals surface area contributed by atoms with Gasteiger partial charge in [-0.15, -0.1) is 0 Å². The molecule has 2 atom stereocenters. The van der Waals surface area contributed by atoms with Crippen molar-refractivity contribution in [1.29, 1.82) is 0 Å². The minimum atomic E-state index is -3.18. The van der Waals surface area contributed by atoms with Gasteiger partial charge in [0.2, 0.25) is 6.35 Å². The Balaban J connectivity index is 1.58. The van der Waals surface area contributed by atoms with E-state index in [-0.39, 0.29) is 12.5 Å². The van der Waals surface area contributed by atoms with E-state index in [2.05, 4.69) is 15.0 Å². The summed E-state index contributed by atoms with van der Waals surface area (Å²) in [5.41, 5.74) is 6.94. The van der Waals surface area contributed by atoms with Crippen LogP contribution in [0.25, 0.3) is 11.2 Å². The Morgan fingerprint density at radius 1 is 1.28 bits per heavy atom. The fraction of sp³-hybridized carbons (Fsp3) is 0.267. The zero-order chi connectivity index (χ0) is 17.9. The molecule has 0 saturated heterocycles. The van der Waals surface area contributed by atoms with Gasteiger partial charge in [-0.3, -0.25) is 4.52 Å². The summed E-state index contributed by atoms with van der Waals surface area (Å²) in [5.74, 6) is 0.826. The molecule has 3 N–H and O–H groups in total. The van der Waals surface area contributed by atoms with Gasteiger partial charge >= 0.3 is 7.07 Å². The van der Waals surface area contributed by atoms with E-state index in [0.717, 1.165) is 0 Å². The minimum Gasteiger partial charge on any atom is -0.382 e. The topological polar surface area (TPSA) is 108 Å². The Bertz CT molecular complexity index is 846. The van der Waals surface area contributed by atoms with E-state index in [1.807, 2.05) is 17.6 Å². The molecule has 8 nitrogen and oxygen atoms in total. The number of halogens is 1. The first-order chi connectivity index (χ1) is 11.9. The predicted octanol–water partition coefficient (Wildman–Crippen LogP) is 2.84. The van der Waals surface area contributed by atoms with Gasteiger partial charge in [-0.1, -0.05) is 18.2 Å². The van der Waals surface area contributed by atoms with Gasteiger partial charge in [0, 0.05) is 0 Å². The molecule has 25 heavy (non-hydrogen) atoms. The first-order valence-corrected chi connectivity index (χ1v) is 10.3. The molecule has 10 heteroatoms. The van der Waals surface area contributed by atoms with E-state index in [9.17, 15) is 4.89 Å². The van der Waals surface area contributed by atoms with Gasteiger partial charge in [0.15, 0.2) is 28.5 Å². The Labute approximate surface area is 149 Å². The molecule has 3 aromatic rings. The first kappa shape index (κ1) is 17.8. The van der Waals surface area contributed by atoms with Crippen LogP contribution in [-0.4, -0.2) is 36.9 Å². The summed E-state index contributed by atoms with van der Waals surface area (Å²) in [7, 11) is -3.18. The van der Waals surface area contributed by atoms with Crippen LogP contribution in [0.5, 0.6) is 5.75 Å². The summed E-state index contributed by atoms with van der Waals surface area (Å²) in [6.07, 6.45) is 2.66. The number of imidazole rings is 1. The number of anilines is 1. The van der Waals surface area contributed by atoms with E-state index >= 15 is 0 Å². The van der Waals surface area contributed by atoms with E-state index in [4.69, 9.17) is 26.2 Å². The fourth-order valence-electron chi connectivity index (χ4n) is 2.25. The first-order valence-electron chi connectivity index (χ1n) is 7.52. The maximum atomic E-state index is 10.2. The highest BCUT2D eigenvalue weighted by Gasteiger charge is 2.39. The zero-order valence-corrected chi connectivity index (χ0v) is 15.1. The van der Waals surface area contributed by atoms with Crippen LogP contribution in [0.4, 0.5) is 5.82 Å². The molecular weight excluding hydrogens is 365 g/mol. The lowest BCUT2D eigenvalue weighted by Gasteiger charge is -2.16. The number of rotatable bonds is 7. The van der Waals surface area contributed by atoms with Crippen LogP contribution in [-0.2, 0) is 11.3 Å². The van der Waals surface area contributed by atoms with Gasteiger partial charge in [-0.2, -0.15) is 4.89 Å². The van der Waals surface area contributed by atoms with Crippen LogP contribution in [0, 0.1) is 0 Å². The summed E-state index contributed by atoms with van der Waals surface area (Å²) in [4.78, 5) is 22.5. The van der Waals surface area contributed by atoms with Crippen molar-refractivity contribution in [2.75, 3.05) is 12.1 Å². The minimum absolute atomic E-state index is 0.103.